The van der Waals surface area contributed by atoms with Gasteiger partial charge in [-0.3, -0.25) is 0 Å². The van der Waals surface area contributed by atoms with Gasteiger partial charge in [0, 0.05) is 35.3 Å². The van der Waals surface area contributed by atoms with Gasteiger partial charge in [0.2, 0.25) is 5.69 Å². The zero-order chi connectivity index (χ0) is 27.4. The first-order valence-electron chi connectivity index (χ1n) is 11.6. The zero-order valence-corrected chi connectivity index (χ0v) is 24.5. The minimum atomic E-state index is -4.27. The highest BCUT2D eigenvalue weighted by Crippen LogP contribution is 2.46. The fraction of sp³-hybridized carbons (Fsp3) is 0.143. The summed E-state index contributed by atoms with van der Waals surface area (Å²) >= 11 is 4.79. The molecule has 5 rings (SSSR count). The summed E-state index contributed by atoms with van der Waals surface area (Å²) in [5.41, 5.74) is 5.23. The monoisotopic (exact) mass is 582 g/mol. The molecule has 2 aliphatic heterocycles. The number of amides is 1. The Balaban J connectivity index is 0.000000257. The lowest BCUT2D eigenvalue weighted by Gasteiger charge is -2.21. The summed E-state index contributed by atoms with van der Waals surface area (Å²) < 4.78 is 34.0. The molecule has 0 aliphatic carbocycles. The predicted molar refractivity (Wildman–Crippen MR) is 159 cm³/mol. The highest BCUT2D eigenvalue weighted by atomic mass is 32.2. The summed E-state index contributed by atoms with van der Waals surface area (Å²) in [7, 11) is -4.27. The first kappa shape index (κ1) is 28.3. The van der Waals surface area contributed by atoms with E-state index in [-0.39, 0.29) is 10.8 Å². The van der Waals surface area contributed by atoms with E-state index in [0.717, 1.165) is 36.9 Å². The molecule has 0 saturated heterocycles. The number of para-hydroxylation sites is 1. The summed E-state index contributed by atoms with van der Waals surface area (Å²) in [5, 5.41) is 3.09. The van der Waals surface area contributed by atoms with Crippen molar-refractivity contribution in [2.45, 2.75) is 25.7 Å². The molecule has 10 heteroatoms. The molecule has 0 aromatic heterocycles. The number of carbonyl (C=O) groups excluding carboxylic acids is 1. The zero-order valence-electron chi connectivity index (χ0n) is 21.2. The van der Waals surface area contributed by atoms with E-state index in [2.05, 4.69) is 36.3 Å². The number of rotatable bonds is 3. The number of thioether (sulfide) groups is 3. The molecule has 196 valence electrons. The first-order chi connectivity index (χ1) is 18.1. The second-order valence-electron chi connectivity index (χ2n) is 8.50. The van der Waals surface area contributed by atoms with Crippen LogP contribution in [-0.2, 0) is 14.9 Å². The maximum atomic E-state index is 13.4. The van der Waals surface area contributed by atoms with E-state index in [1.54, 1.807) is 47.4 Å². The van der Waals surface area contributed by atoms with Gasteiger partial charge in [-0.2, -0.15) is 0 Å². The Kier molecular flexibility index (Phi) is 8.89. The summed E-state index contributed by atoms with van der Waals surface area (Å²) in [6.45, 7) is 5.95. The molecule has 0 unspecified atom stereocenters. The third-order valence-electron chi connectivity index (χ3n) is 5.65. The number of nitrogens with zero attached hydrogens (tertiary/aromatic N) is 2. The summed E-state index contributed by atoms with van der Waals surface area (Å²) in [6, 6.07) is 24.1. The fourth-order valence-corrected chi connectivity index (χ4v) is 7.15. The van der Waals surface area contributed by atoms with Crippen LogP contribution in [0.2, 0.25) is 0 Å². The molecule has 3 aromatic rings. The molecule has 2 aliphatic rings. The molecule has 0 saturated carbocycles. The normalized spacial score (nSPS) is 17.4. The topological polar surface area (TPSA) is 80.5 Å². The summed E-state index contributed by atoms with van der Waals surface area (Å²) in [5.74, 6) is 0.0414. The Morgan fingerprint density at radius 3 is 2.00 bits per heavy atom. The Labute approximate surface area is 236 Å². The lowest BCUT2D eigenvalue weighted by molar-refractivity contribution is -0.354. The Hall–Kier alpha value is -2.76. The van der Waals surface area contributed by atoms with Crippen LogP contribution in [0.25, 0.3) is 0 Å². The summed E-state index contributed by atoms with van der Waals surface area (Å²) in [4.78, 5) is 16.2. The summed E-state index contributed by atoms with van der Waals surface area (Å²) in [6.07, 6.45) is 2.02. The van der Waals surface area contributed by atoms with Crippen LogP contribution < -0.4 is 4.90 Å². The van der Waals surface area contributed by atoms with Gasteiger partial charge in [-0.25, -0.2) is 13.2 Å². The van der Waals surface area contributed by atoms with Crippen LogP contribution in [-0.4, -0.2) is 34.1 Å². The van der Waals surface area contributed by atoms with E-state index in [1.807, 2.05) is 60.2 Å². The van der Waals surface area contributed by atoms with Crippen LogP contribution in [0, 0.1) is 13.8 Å². The molecule has 0 radical (unpaired) electrons. The van der Waals surface area contributed by atoms with Gasteiger partial charge in [0.1, 0.15) is 15.1 Å². The lowest BCUT2D eigenvalue weighted by atomic mass is 10.2. The number of carbonyl (C=O) groups is 1. The number of benzene rings is 3. The van der Waals surface area contributed by atoms with E-state index in [1.165, 1.54) is 17.7 Å². The van der Waals surface area contributed by atoms with E-state index in [0.29, 0.717) is 0 Å². The van der Waals surface area contributed by atoms with Crippen molar-refractivity contribution in [2.24, 2.45) is 0 Å². The Morgan fingerprint density at radius 1 is 0.868 bits per heavy atom. The smallest absolute Gasteiger partial charge is 0.436 e. The molecule has 6 nitrogen and oxygen atoms in total. The molecule has 38 heavy (non-hydrogen) atoms. The van der Waals surface area contributed by atoms with Crippen LogP contribution in [0.15, 0.2) is 105 Å². The maximum Gasteiger partial charge on any atom is 0.436 e. The Morgan fingerprint density at radius 2 is 1.45 bits per heavy atom. The van der Waals surface area contributed by atoms with Gasteiger partial charge in [0.15, 0.2) is 4.91 Å². The number of aryl methyl sites for hydroxylation is 2. The number of hydrogen-bond acceptors (Lipinski definition) is 8. The van der Waals surface area contributed by atoms with Crippen LogP contribution in [0.1, 0.15) is 18.1 Å². The third-order valence-corrected chi connectivity index (χ3v) is 9.91. The van der Waals surface area contributed by atoms with Crippen molar-refractivity contribution in [1.29, 1.82) is 0 Å². The molecule has 3 aromatic carbocycles. The second kappa shape index (κ2) is 12.0. The minimum Gasteiger partial charge on any atom is -0.744 e. The molecular weight excluding hydrogens is 557 g/mol. The van der Waals surface area contributed by atoms with Crippen molar-refractivity contribution in [3.8, 4) is 0 Å². The second-order valence-corrected chi connectivity index (χ2v) is 12.8. The van der Waals surface area contributed by atoms with Gasteiger partial charge < -0.3 is 9.45 Å². The molecule has 0 atom stereocenters. The number of hydrogen-bond donors (Lipinski definition) is 0. The van der Waals surface area contributed by atoms with Crippen molar-refractivity contribution in [3.05, 3.63) is 111 Å². The van der Waals surface area contributed by atoms with E-state index >= 15 is 0 Å². The van der Waals surface area contributed by atoms with Crippen LogP contribution in [0.4, 0.5) is 11.4 Å². The van der Waals surface area contributed by atoms with Crippen molar-refractivity contribution in [1.82, 2.24) is 0 Å². The van der Waals surface area contributed by atoms with Crippen molar-refractivity contribution in [3.63, 3.8) is 0 Å². The van der Waals surface area contributed by atoms with Crippen LogP contribution >= 0.6 is 35.3 Å². The molecule has 0 spiro atoms. The Bertz CT molecular complexity index is 1540. The van der Waals surface area contributed by atoms with Gasteiger partial charge >= 0.3 is 5.91 Å². The molecule has 0 N–H and O–H groups in total. The predicted octanol–water partition coefficient (Wildman–Crippen LogP) is 6.81. The number of anilines is 1. The van der Waals surface area contributed by atoms with Gasteiger partial charge in [0.05, 0.1) is 4.90 Å². The fourth-order valence-electron chi connectivity index (χ4n) is 3.71. The number of allylic oxidation sites excluding steroid dienone is 1. The van der Waals surface area contributed by atoms with Crippen LogP contribution in [0.5, 0.6) is 0 Å². The molecule has 1 amide bonds. The van der Waals surface area contributed by atoms with Gasteiger partial charge in [-0.1, -0.05) is 77.1 Å². The average molecular weight is 583 g/mol. The van der Waals surface area contributed by atoms with Gasteiger partial charge in [0.25, 0.3) is 4.38 Å². The standard InChI is InChI=1S/C21H19N2OS3.C7H8O3S/c1-14-9-11-17(12-10-14)23-19(24)18(27-21(23)25-3)20-22(15(2)13-26-20)16-7-5-4-6-8-16;1-6-2-4-7(5-3-6)11(8,9)10/h4-13H,1-3H3;2-5H,1H3,(H,8,9,10)/q+1;/p-1/b20-18+;. The van der Waals surface area contributed by atoms with Crippen molar-refractivity contribution < 1.29 is 22.3 Å². The quantitative estimate of drug-likeness (QED) is 0.189. The molecular formula is C28H26N2O4S4. The largest absolute Gasteiger partial charge is 0.744 e. The van der Waals surface area contributed by atoms with Crippen molar-refractivity contribution >= 4 is 67.1 Å². The van der Waals surface area contributed by atoms with Gasteiger partial charge in [-0.15, -0.1) is 4.58 Å². The average Bonchev–Trinajstić information content (AvgIpc) is 3.44. The van der Waals surface area contributed by atoms with E-state index < -0.39 is 10.1 Å². The van der Waals surface area contributed by atoms with Gasteiger partial charge in [-0.05, 0) is 56.7 Å². The van der Waals surface area contributed by atoms with E-state index in [4.69, 9.17) is 0 Å². The third kappa shape index (κ3) is 6.27. The van der Waals surface area contributed by atoms with E-state index in [9.17, 15) is 17.8 Å². The first-order valence-corrected chi connectivity index (χ1v) is 15.9. The molecule has 0 bridgehead atoms. The van der Waals surface area contributed by atoms with Crippen LogP contribution in [0.3, 0.4) is 0 Å². The lowest BCUT2D eigenvalue weighted by Crippen LogP contribution is -2.19. The maximum absolute atomic E-state index is 13.4. The van der Waals surface area contributed by atoms with Crippen molar-refractivity contribution in [2.75, 3.05) is 11.2 Å². The highest BCUT2D eigenvalue weighted by molar-refractivity contribution is 8.40. The SMILES string of the molecule is CSC1=[N+](c2ccc(C)cc2)C(=O)/C(=C2\SC=C(C)N2c2ccccc2)S1.Cc1ccc(S(=O)(=O)[O-])cc1. The molecule has 2 heterocycles. The highest BCUT2D eigenvalue weighted by Gasteiger charge is 2.43. The molecule has 0 fully saturated rings. The minimum absolute atomic E-state index is 0.0414.